The Morgan fingerprint density at radius 1 is 0.590 bits per heavy atom. The molecule has 0 saturated heterocycles. The molecule has 0 bridgehead atoms. The highest BCUT2D eigenvalue weighted by atomic mass is 15.1. The van der Waals surface area contributed by atoms with Crippen molar-refractivity contribution < 1.29 is 0 Å². The van der Waals surface area contributed by atoms with E-state index in [1.165, 1.54) is 50.2 Å². The number of rotatable bonds is 11. The van der Waals surface area contributed by atoms with Crippen molar-refractivity contribution in [1.29, 1.82) is 0 Å². The van der Waals surface area contributed by atoms with Crippen molar-refractivity contribution in [3.63, 3.8) is 0 Å². The van der Waals surface area contributed by atoms with E-state index in [0.29, 0.717) is 0 Å². The molecule has 0 amide bonds. The lowest BCUT2D eigenvalue weighted by Crippen LogP contribution is -2.24. The molecule has 7 aromatic carbocycles. The summed E-state index contributed by atoms with van der Waals surface area (Å²) in [5.41, 5.74) is 17.9. The van der Waals surface area contributed by atoms with E-state index in [0.717, 1.165) is 40.3 Å². The number of hydrogen-bond donors (Lipinski definition) is 0. The molecular weight excluding hydrogens is 737 g/mol. The minimum absolute atomic E-state index is 0.107. The maximum absolute atomic E-state index is 4.00. The maximum Gasteiger partial charge on any atom is 0.0464 e. The van der Waals surface area contributed by atoms with E-state index in [9.17, 15) is 0 Å². The zero-order valence-electron chi connectivity index (χ0n) is 35.6. The molecule has 0 aromatic heterocycles. The maximum atomic E-state index is 4.00. The fraction of sp³-hybridized carbons (Fsp3) is 0.119. The topological polar surface area (TPSA) is 6.48 Å². The Labute approximate surface area is 362 Å². The number of fused-ring (bicyclic) bond motifs is 3. The van der Waals surface area contributed by atoms with Crippen LogP contribution in [0.15, 0.2) is 231 Å². The highest BCUT2D eigenvalue weighted by Gasteiger charge is 2.37. The summed E-state index contributed by atoms with van der Waals surface area (Å²) in [7, 11) is 0. The molecule has 298 valence electrons. The number of anilines is 4. The van der Waals surface area contributed by atoms with Gasteiger partial charge in [-0.15, -0.1) is 0 Å². The summed E-state index contributed by atoms with van der Waals surface area (Å²) in [5.74, 6) is 0. The van der Waals surface area contributed by atoms with E-state index in [-0.39, 0.29) is 10.8 Å². The predicted molar refractivity (Wildman–Crippen MR) is 261 cm³/mol. The highest BCUT2D eigenvalue weighted by Crippen LogP contribution is 2.52. The van der Waals surface area contributed by atoms with Crippen LogP contribution in [0.2, 0.25) is 0 Å². The quantitative estimate of drug-likeness (QED) is 0.120. The Bertz CT molecular complexity index is 2820. The summed E-state index contributed by atoms with van der Waals surface area (Å²) in [6.45, 7) is 13.3. The van der Waals surface area contributed by atoms with Crippen molar-refractivity contribution in [3.8, 4) is 22.3 Å². The molecule has 2 nitrogen and oxygen atoms in total. The first kappa shape index (κ1) is 39.3. The molecule has 0 aliphatic heterocycles. The molecule has 61 heavy (non-hydrogen) atoms. The van der Waals surface area contributed by atoms with Crippen LogP contribution in [0.3, 0.4) is 0 Å². The smallest absolute Gasteiger partial charge is 0.0464 e. The van der Waals surface area contributed by atoms with Crippen LogP contribution in [0.4, 0.5) is 22.7 Å². The number of nitrogens with zero attached hydrogens (tertiary/aromatic N) is 2. The van der Waals surface area contributed by atoms with Gasteiger partial charge in [-0.3, -0.25) is 0 Å². The molecule has 0 radical (unpaired) electrons. The summed E-state index contributed by atoms with van der Waals surface area (Å²) in [5, 5.41) is 0. The lowest BCUT2D eigenvalue weighted by atomic mass is 9.76. The molecule has 0 fully saturated rings. The molecule has 0 N–H and O–H groups in total. The summed E-state index contributed by atoms with van der Waals surface area (Å²) >= 11 is 0. The minimum Gasteiger partial charge on any atom is -0.317 e. The number of aryl methyl sites for hydroxylation is 1. The number of benzene rings is 7. The van der Waals surface area contributed by atoms with Crippen LogP contribution in [0.25, 0.3) is 27.8 Å². The highest BCUT2D eigenvalue weighted by molar-refractivity contribution is 5.87. The van der Waals surface area contributed by atoms with Crippen LogP contribution in [0.1, 0.15) is 55.0 Å². The van der Waals surface area contributed by atoms with Gasteiger partial charge in [0.25, 0.3) is 0 Å². The van der Waals surface area contributed by atoms with E-state index >= 15 is 0 Å². The Hall–Kier alpha value is -7.16. The summed E-state index contributed by atoms with van der Waals surface area (Å²) in [6.07, 6.45) is 16.3. The van der Waals surface area contributed by atoms with Gasteiger partial charge in [0, 0.05) is 45.5 Å². The van der Waals surface area contributed by atoms with Crippen molar-refractivity contribution >= 4 is 28.3 Å². The van der Waals surface area contributed by atoms with Crippen LogP contribution in [0, 0.1) is 6.92 Å². The molecule has 7 aromatic rings. The van der Waals surface area contributed by atoms with Crippen molar-refractivity contribution in [2.75, 3.05) is 9.80 Å². The van der Waals surface area contributed by atoms with Gasteiger partial charge >= 0.3 is 0 Å². The van der Waals surface area contributed by atoms with Gasteiger partial charge in [0.2, 0.25) is 0 Å². The molecule has 0 spiro atoms. The normalized spacial score (nSPS) is 16.5. The first-order chi connectivity index (χ1) is 29.7. The Morgan fingerprint density at radius 3 is 1.82 bits per heavy atom. The van der Waals surface area contributed by atoms with Gasteiger partial charge in [-0.2, -0.15) is 0 Å². The van der Waals surface area contributed by atoms with Gasteiger partial charge in [-0.05, 0) is 130 Å². The molecule has 9 rings (SSSR count). The molecule has 0 saturated carbocycles. The second-order valence-electron chi connectivity index (χ2n) is 17.0. The minimum atomic E-state index is -0.236. The third-order valence-corrected chi connectivity index (χ3v) is 12.5. The van der Waals surface area contributed by atoms with Crippen molar-refractivity contribution in [2.45, 2.75) is 44.9 Å². The molecular formula is C59H52N2. The Balaban J connectivity index is 1.05. The van der Waals surface area contributed by atoms with Gasteiger partial charge in [0.05, 0.1) is 0 Å². The van der Waals surface area contributed by atoms with E-state index < -0.39 is 0 Å². The summed E-state index contributed by atoms with van der Waals surface area (Å²) in [4.78, 5) is 4.73. The van der Waals surface area contributed by atoms with E-state index in [1.54, 1.807) is 0 Å². The summed E-state index contributed by atoms with van der Waals surface area (Å²) < 4.78 is 0. The van der Waals surface area contributed by atoms with Crippen LogP contribution in [0.5, 0.6) is 0 Å². The predicted octanol–water partition coefficient (Wildman–Crippen LogP) is 15.8. The van der Waals surface area contributed by atoms with Crippen molar-refractivity contribution in [2.24, 2.45) is 0 Å². The average molecular weight is 789 g/mol. The molecule has 0 heterocycles. The Kier molecular flexibility index (Phi) is 10.6. The van der Waals surface area contributed by atoms with Crippen LogP contribution < -0.4 is 9.80 Å². The van der Waals surface area contributed by atoms with Gasteiger partial charge < -0.3 is 9.80 Å². The standard InChI is InChI=1S/C59H52N2/c1-6-17-44(45-19-10-7-11-20-45)36-39-60(49-23-14-9-15-24-49)51-30-32-54-55-33-31-53(42-57(55)58(3,4)56(54)41-51)61(52-25-16-18-43(2)40-52)50-34-37-59(5,38-35-50)48-28-26-47(27-29-48)46-21-12-8-13-22-46/h6-37,39-42H,1,38H2,2-5H3/b39-36-,44-17+. The Morgan fingerprint density at radius 2 is 1.18 bits per heavy atom. The van der Waals surface area contributed by atoms with E-state index in [2.05, 4.69) is 257 Å². The van der Waals surface area contributed by atoms with Crippen molar-refractivity contribution in [3.05, 3.63) is 259 Å². The lowest BCUT2D eigenvalue weighted by Gasteiger charge is -2.34. The second kappa shape index (κ2) is 16.5. The van der Waals surface area contributed by atoms with Gasteiger partial charge in [0.15, 0.2) is 0 Å². The van der Waals surface area contributed by atoms with Gasteiger partial charge in [-0.1, -0.05) is 179 Å². The van der Waals surface area contributed by atoms with Crippen LogP contribution in [-0.4, -0.2) is 0 Å². The largest absolute Gasteiger partial charge is 0.317 e. The second-order valence-corrected chi connectivity index (χ2v) is 17.0. The fourth-order valence-corrected chi connectivity index (χ4v) is 9.06. The lowest BCUT2D eigenvalue weighted by molar-refractivity contribution is 0.595. The number of allylic oxidation sites excluding steroid dienone is 7. The third kappa shape index (κ3) is 7.74. The van der Waals surface area contributed by atoms with Gasteiger partial charge in [-0.25, -0.2) is 0 Å². The van der Waals surface area contributed by atoms with E-state index in [1.807, 2.05) is 6.08 Å². The first-order valence-corrected chi connectivity index (χ1v) is 21.3. The average Bonchev–Trinajstić information content (AvgIpc) is 3.52. The zero-order chi connectivity index (χ0) is 42.0. The number of para-hydroxylation sites is 1. The zero-order valence-corrected chi connectivity index (χ0v) is 35.6. The summed E-state index contributed by atoms with van der Waals surface area (Å²) in [6, 6.07) is 63.7. The first-order valence-electron chi connectivity index (χ1n) is 21.3. The molecule has 2 aliphatic rings. The third-order valence-electron chi connectivity index (χ3n) is 12.5. The fourth-order valence-electron chi connectivity index (χ4n) is 9.06. The molecule has 1 unspecified atom stereocenters. The monoisotopic (exact) mass is 788 g/mol. The van der Waals surface area contributed by atoms with Crippen LogP contribution >= 0.6 is 0 Å². The molecule has 2 heteroatoms. The molecule has 1 atom stereocenters. The van der Waals surface area contributed by atoms with Crippen LogP contribution in [-0.2, 0) is 10.8 Å². The molecule has 2 aliphatic carbocycles. The SMILES string of the molecule is C=C/C=C(\C=C/N(c1ccccc1)c1ccc2c(c1)C(C)(C)c1cc(N(C3=CCC(C)(c4ccc(-c5ccccc5)cc4)C=C3)c3cccc(C)c3)ccc1-2)c1ccccc1. The van der Waals surface area contributed by atoms with Gasteiger partial charge in [0.1, 0.15) is 0 Å². The van der Waals surface area contributed by atoms with E-state index in [4.69, 9.17) is 0 Å². The number of hydrogen-bond acceptors (Lipinski definition) is 2. The van der Waals surface area contributed by atoms with Crippen molar-refractivity contribution in [1.82, 2.24) is 0 Å².